The topological polar surface area (TPSA) is 90.9 Å². The average molecular weight is 273 g/mol. The highest BCUT2D eigenvalue weighted by Gasteiger charge is 2.43. The van der Waals surface area contributed by atoms with Crippen molar-refractivity contribution in [2.75, 3.05) is 20.2 Å². The largest absolute Gasteiger partial charge is 0.785 e. The lowest BCUT2D eigenvalue weighted by molar-refractivity contribution is -0.150. The fourth-order valence-corrected chi connectivity index (χ4v) is 1.94. The molecule has 19 heavy (non-hydrogen) atoms. The maximum absolute atomic E-state index is 11.9. The lowest BCUT2D eigenvalue weighted by Gasteiger charge is -2.42. The minimum Gasteiger partial charge on any atom is -0.785 e. The molecule has 1 rings (SSSR count). The number of hydroxylamine groups is 2. The molecule has 0 aromatic rings. The number of esters is 1. The van der Waals surface area contributed by atoms with Gasteiger partial charge >= 0.3 is 12.1 Å². The monoisotopic (exact) mass is 273 g/mol. The van der Waals surface area contributed by atoms with Gasteiger partial charge in [-0.1, -0.05) is 0 Å². The zero-order chi connectivity index (χ0) is 14.7. The van der Waals surface area contributed by atoms with Gasteiger partial charge in [-0.2, -0.15) is 0 Å². The van der Waals surface area contributed by atoms with Gasteiger partial charge in [0, 0.05) is 0 Å². The van der Waals surface area contributed by atoms with E-state index in [1.165, 1.54) is 7.11 Å². The summed E-state index contributed by atoms with van der Waals surface area (Å²) in [4.78, 5) is 23.7. The van der Waals surface area contributed by atoms with Crippen LogP contribution in [0.25, 0.3) is 0 Å². The maximum Gasteiger partial charge on any atom is 0.408 e. The number of amides is 1. The lowest BCUT2D eigenvalue weighted by atomic mass is 9.88. The van der Waals surface area contributed by atoms with E-state index in [1.54, 1.807) is 20.8 Å². The van der Waals surface area contributed by atoms with E-state index in [2.05, 4.69) is 5.32 Å². The zero-order valence-electron chi connectivity index (χ0n) is 11.8. The maximum atomic E-state index is 11.9. The molecule has 0 unspecified atom stereocenters. The molecule has 7 heteroatoms. The van der Waals surface area contributed by atoms with E-state index in [0.717, 1.165) is 5.06 Å². The van der Waals surface area contributed by atoms with Crippen LogP contribution in [0.1, 0.15) is 33.6 Å². The first kappa shape index (κ1) is 15.7. The Labute approximate surface area is 112 Å². The summed E-state index contributed by atoms with van der Waals surface area (Å²) in [6.45, 7) is 5.54. The molecule has 0 aliphatic carbocycles. The van der Waals surface area contributed by atoms with E-state index in [4.69, 9.17) is 9.47 Å². The van der Waals surface area contributed by atoms with Crippen LogP contribution in [0.4, 0.5) is 4.79 Å². The van der Waals surface area contributed by atoms with Gasteiger partial charge in [0.25, 0.3) is 0 Å². The molecule has 1 aliphatic rings. The number of nitrogens with one attached hydrogen (secondary N) is 1. The third-order valence-corrected chi connectivity index (χ3v) is 2.89. The van der Waals surface area contributed by atoms with E-state index < -0.39 is 23.2 Å². The Kier molecular flexibility index (Phi) is 4.75. The first-order valence-electron chi connectivity index (χ1n) is 6.20. The molecule has 110 valence electrons. The Morgan fingerprint density at radius 1 is 1.26 bits per heavy atom. The van der Waals surface area contributed by atoms with Crippen molar-refractivity contribution in [3.63, 3.8) is 0 Å². The standard InChI is InChI=1S/C12H21N2O5/c1-11(2,3)19-10(16)13-12(9(15)18-4)5-7-14(17)8-6-12/h5-8H2,1-4H3,(H,13,16)/q-1. The summed E-state index contributed by atoms with van der Waals surface area (Å²) in [7, 11) is 1.25. The molecule has 0 aromatic carbocycles. The molecule has 1 fully saturated rings. The van der Waals surface area contributed by atoms with E-state index in [0.29, 0.717) is 0 Å². The van der Waals surface area contributed by atoms with E-state index in [1.807, 2.05) is 0 Å². The SMILES string of the molecule is COC(=O)C1(NC(=O)OC(C)(C)C)CCN([O-])CC1. The Bertz CT molecular complexity index is 343. The molecule has 1 amide bonds. The van der Waals surface area contributed by atoms with Crippen molar-refractivity contribution < 1.29 is 19.1 Å². The van der Waals surface area contributed by atoms with Crippen LogP contribution >= 0.6 is 0 Å². The van der Waals surface area contributed by atoms with Crippen molar-refractivity contribution in [3.8, 4) is 0 Å². The molecule has 0 bridgehead atoms. The number of hydrogen-bond donors (Lipinski definition) is 1. The van der Waals surface area contributed by atoms with Gasteiger partial charge in [-0.05, 0) is 46.7 Å². The second-order valence-corrected chi connectivity index (χ2v) is 5.63. The predicted octanol–water partition coefficient (Wildman–Crippen LogP) is 1.02. The molecule has 1 N–H and O–H groups in total. The Morgan fingerprint density at radius 3 is 2.21 bits per heavy atom. The molecule has 1 aliphatic heterocycles. The number of piperidine rings is 1. The van der Waals surface area contributed by atoms with Gasteiger partial charge in [-0.25, -0.2) is 9.59 Å². The van der Waals surface area contributed by atoms with Crippen molar-refractivity contribution in [3.05, 3.63) is 5.21 Å². The fourth-order valence-electron chi connectivity index (χ4n) is 1.94. The first-order valence-corrected chi connectivity index (χ1v) is 6.20. The fraction of sp³-hybridized carbons (Fsp3) is 0.833. The van der Waals surface area contributed by atoms with Crippen LogP contribution in [0.15, 0.2) is 0 Å². The number of nitrogens with zero attached hydrogens (tertiary/aromatic N) is 1. The molecule has 1 heterocycles. The highest BCUT2D eigenvalue weighted by molar-refractivity contribution is 5.86. The van der Waals surface area contributed by atoms with Crippen LogP contribution in [0.2, 0.25) is 0 Å². The summed E-state index contributed by atoms with van der Waals surface area (Å²) in [5.74, 6) is -0.550. The lowest BCUT2D eigenvalue weighted by Crippen LogP contribution is -2.60. The smallest absolute Gasteiger partial charge is 0.408 e. The third-order valence-electron chi connectivity index (χ3n) is 2.89. The van der Waals surface area contributed by atoms with Crippen molar-refractivity contribution in [1.82, 2.24) is 10.4 Å². The van der Waals surface area contributed by atoms with Crippen molar-refractivity contribution >= 4 is 12.1 Å². The normalized spacial score (nSPS) is 19.6. The molecule has 0 spiro atoms. The number of methoxy groups -OCH3 is 1. The van der Waals surface area contributed by atoms with Gasteiger partial charge in [0.2, 0.25) is 0 Å². The van der Waals surface area contributed by atoms with Gasteiger partial charge < -0.3 is 25.1 Å². The number of carbonyl (C=O) groups excluding carboxylic acids is 2. The van der Waals surface area contributed by atoms with Crippen LogP contribution in [-0.4, -0.2) is 48.5 Å². The average Bonchev–Trinajstić information content (AvgIpc) is 2.29. The van der Waals surface area contributed by atoms with Crippen molar-refractivity contribution in [1.29, 1.82) is 0 Å². The van der Waals surface area contributed by atoms with Crippen LogP contribution in [0.5, 0.6) is 0 Å². The first-order chi connectivity index (χ1) is 8.68. The summed E-state index contributed by atoms with van der Waals surface area (Å²) in [6, 6.07) is 0. The summed E-state index contributed by atoms with van der Waals surface area (Å²) >= 11 is 0. The summed E-state index contributed by atoms with van der Waals surface area (Å²) in [5.41, 5.74) is -1.82. The van der Waals surface area contributed by atoms with Crippen LogP contribution in [0, 0.1) is 5.21 Å². The highest BCUT2D eigenvalue weighted by atomic mass is 16.6. The minimum atomic E-state index is -1.17. The van der Waals surface area contributed by atoms with Gasteiger partial charge in [-0.15, -0.1) is 0 Å². The third kappa shape index (κ3) is 4.36. The number of ether oxygens (including phenoxy) is 2. The van der Waals surface area contributed by atoms with E-state index in [-0.39, 0.29) is 25.9 Å². The van der Waals surface area contributed by atoms with Gasteiger partial charge in [0.15, 0.2) is 0 Å². The minimum absolute atomic E-state index is 0.172. The molecule has 1 saturated heterocycles. The molecule has 0 atom stereocenters. The van der Waals surface area contributed by atoms with Crippen LogP contribution in [-0.2, 0) is 14.3 Å². The summed E-state index contributed by atoms with van der Waals surface area (Å²) in [5, 5.41) is 14.6. The van der Waals surface area contributed by atoms with Gasteiger partial charge in [-0.3, -0.25) is 0 Å². The molecular formula is C12H21N2O5-. The molecular weight excluding hydrogens is 252 g/mol. The zero-order valence-corrected chi connectivity index (χ0v) is 11.8. The summed E-state index contributed by atoms with van der Waals surface area (Å²) < 4.78 is 9.87. The van der Waals surface area contributed by atoms with Crippen molar-refractivity contribution in [2.45, 2.75) is 44.8 Å². The summed E-state index contributed by atoms with van der Waals surface area (Å²) in [6.07, 6.45) is -0.262. The van der Waals surface area contributed by atoms with Crippen LogP contribution in [0.3, 0.4) is 0 Å². The van der Waals surface area contributed by atoms with Crippen molar-refractivity contribution in [2.24, 2.45) is 0 Å². The number of hydrogen-bond acceptors (Lipinski definition) is 6. The highest BCUT2D eigenvalue weighted by Crippen LogP contribution is 2.24. The van der Waals surface area contributed by atoms with E-state index in [9.17, 15) is 14.8 Å². The Balaban J connectivity index is 2.76. The number of rotatable bonds is 2. The molecule has 0 saturated carbocycles. The molecule has 7 nitrogen and oxygen atoms in total. The predicted molar refractivity (Wildman–Crippen MR) is 68.3 cm³/mol. The number of carbonyl (C=O) groups is 2. The molecule has 0 radical (unpaired) electrons. The van der Waals surface area contributed by atoms with E-state index >= 15 is 0 Å². The Morgan fingerprint density at radius 2 is 1.79 bits per heavy atom. The van der Waals surface area contributed by atoms with Crippen LogP contribution < -0.4 is 5.32 Å². The second kappa shape index (κ2) is 5.75. The second-order valence-electron chi connectivity index (χ2n) is 5.63. The molecule has 0 aromatic heterocycles. The van der Waals surface area contributed by atoms with Gasteiger partial charge in [0.05, 0.1) is 7.11 Å². The quantitative estimate of drug-likeness (QED) is 0.755. The Hall–Kier alpha value is -1.34. The van der Waals surface area contributed by atoms with Gasteiger partial charge in [0.1, 0.15) is 11.1 Å². The number of alkyl carbamates (subject to hydrolysis) is 1.